The molecule has 1 spiro atoms. The molecule has 2 heterocycles. The predicted octanol–water partition coefficient (Wildman–Crippen LogP) is 0.237. The molecule has 0 aliphatic carbocycles. The number of nitrogens with one attached hydrogen (secondary N) is 2. The molecule has 1 amide bonds. The van der Waals surface area contributed by atoms with Crippen LogP contribution in [0, 0.1) is 0 Å². The summed E-state index contributed by atoms with van der Waals surface area (Å²) in [6, 6.07) is 0. The van der Waals surface area contributed by atoms with Gasteiger partial charge in [0.05, 0.1) is 5.54 Å². The number of hydrogen-bond acceptors (Lipinski definition) is 3. The van der Waals surface area contributed by atoms with E-state index in [0.29, 0.717) is 0 Å². The number of alkyl carbamates (subject to hydrolysis) is 1. The molecule has 2 aliphatic heterocycles. The van der Waals surface area contributed by atoms with Crippen LogP contribution in [-0.4, -0.2) is 30.3 Å². The molecule has 4 nitrogen and oxygen atoms in total. The monoisotopic (exact) mass is 170 g/mol. The number of amides is 1. The maximum absolute atomic E-state index is 11.1. The molecule has 0 bridgehead atoms. The summed E-state index contributed by atoms with van der Waals surface area (Å²) in [6.45, 7) is 5.70. The molecule has 4 heteroatoms. The molecule has 2 N–H and O–H groups in total. The van der Waals surface area contributed by atoms with Crippen LogP contribution in [-0.2, 0) is 4.74 Å². The molecule has 1 atom stereocenters. The second kappa shape index (κ2) is 2.13. The van der Waals surface area contributed by atoms with Crippen LogP contribution in [0.1, 0.15) is 20.3 Å². The van der Waals surface area contributed by atoms with Crippen molar-refractivity contribution in [2.75, 3.05) is 13.1 Å². The first-order chi connectivity index (χ1) is 5.56. The van der Waals surface area contributed by atoms with Crippen LogP contribution < -0.4 is 10.6 Å². The van der Waals surface area contributed by atoms with Gasteiger partial charge in [0.25, 0.3) is 0 Å². The first-order valence-electron chi connectivity index (χ1n) is 4.28. The second-order valence-corrected chi connectivity index (χ2v) is 4.06. The highest BCUT2D eigenvalue weighted by molar-refractivity contribution is 5.72. The first kappa shape index (κ1) is 7.86. The molecule has 2 fully saturated rings. The highest BCUT2D eigenvalue weighted by Crippen LogP contribution is 2.36. The summed E-state index contributed by atoms with van der Waals surface area (Å²) >= 11 is 0. The van der Waals surface area contributed by atoms with Crippen molar-refractivity contribution in [2.24, 2.45) is 0 Å². The van der Waals surface area contributed by atoms with E-state index in [2.05, 4.69) is 10.6 Å². The fraction of sp³-hybridized carbons (Fsp3) is 0.875. The third-order valence-corrected chi connectivity index (χ3v) is 2.96. The van der Waals surface area contributed by atoms with Gasteiger partial charge in [0.15, 0.2) is 0 Å². The number of ether oxygens (including phenoxy) is 1. The highest BCUT2D eigenvalue weighted by Gasteiger charge is 2.56. The molecular formula is C8H14N2O2. The van der Waals surface area contributed by atoms with Gasteiger partial charge in [-0.05, 0) is 20.4 Å². The molecule has 0 radical (unpaired) electrons. The average Bonchev–Trinajstić information content (AvgIpc) is 2.42. The molecule has 12 heavy (non-hydrogen) atoms. The zero-order valence-electron chi connectivity index (χ0n) is 7.44. The molecule has 0 aromatic heterocycles. The van der Waals surface area contributed by atoms with E-state index in [1.54, 1.807) is 0 Å². The van der Waals surface area contributed by atoms with Gasteiger partial charge < -0.3 is 15.4 Å². The number of rotatable bonds is 0. The van der Waals surface area contributed by atoms with Gasteiger partial charge in [0.1, 0.15) is 5.60 Å². The Hall–Kier alpha value is -0.770. The lowest BCUT2D eigenvalue weighted by Crippen LogP contribution is -2.53. The molecule has 0 aromatic rings. The molecule has 2 rings (SSSR count). The van der Waals surface area contributed by atoms with Crippen molar-refractivity contribution in [3.8, 4) is 0 Å². The van der Waals surface area contributed by atoms with Crippen molar-refractivity contribution in [3.05, 3.63) is 0 Å². The van der Waals surface area contributed by atoms with E-state index in [0.717, 1.165) is 19.5 Å². The SMILES string of the molecule is CC1(C)NC(=O)OC12CCNC2. The lowest BCUT2D eigenvalue weighted by molar-refractivity contribution is 0.0289. The standard InChI is InChI=1S/C8H14N2O2/c1-7(2)8(3-4-9-5-8)12-6(11)10-7/h9H,3-5H2,1-2H3,(H,10,11). The summed E-state index contributed by atoms with van der Waals surface area (Å²) < 4.78 is 5.31. The van der Waals surface area contributed by atoms with Gasteiger partial charge in [-0.1, -0.05) is 0 Å². The summed E-state index contributed by atoms with van der Waals surface area (Å²) in [4.78, 5) is 11.1. The van der Waals surface area contributed by atoms with E-state index in [-0.39, 0.29) is 17.2 Å². The van der Waals surface area contributed by atoms with Crippen LogP contribution >= 0.6 is 0 Å². The largest absolute Gasteiger partial charge is 0.439 e. The minimum atomic E-state index is -0.315. The van der Waals surface area contributed by atoms with E-state index in [9.17, 15) is 4.79 Å². The summed E-state index contributed by atoms with van der Waals surface area (Å²) in [7, 11) is 0. The Morgan fingerprint density at radius 1 is 1.50 bits per heavy atom. The Balaban J connectivity index is 2.29. The van der Waals surface area contributed by atoms with Crippen LogP contribution in [0.15, 0.2) is 0 Å². The number of hydrogen-bond donors (Lipinski definition) is 2. The molecule has 2 aliphatic rings. The van der Waals surface area contributed by atoms with Gasteiger partial charge in [-0.25, -0.2) is 4.79 Å². The van der Waals surface area contributed by atoms with Crippen molar-refractivity contribution < 1.29 is 9.53 Å². The molecule has 2 saturated heterocycles. The zero-order chi connectivity index (χ0) is 8.82. The van der Waals surface area contributed by atoms with Crippen molar-refractivity contribution in [1.29, 1.82) is 0 Å². The average molecular weight is 170 g/mol. The van der Waals surface area contributed by atoms with Crippen molar-refractivity contribution in [3.63, 3.8) is 0 Å². The maximum atomic E-state index is 11.1. The molecule has 68 valence electrons. The van der Waals surface area contributed by atoms with Gasteiger partial charge in [-0.3, -0.25) is 0 Å². The quantitative estimate of drug-likeness (QED) is 0.547. The van der Waals surface area contributed by atoms with Crippen molar-refractivity contribution in [1.82, 2.24) is 10.6 Å². The maximum Gasteiger partial charge on any atom is 0.408 e. The minimum Gasteiger partial charge on any atom is -0.439 e. The summed E-state index contributed by atoms with van der Waals surface area (Å²) in [5.41, 5.74) is -0.558. The van der Waals surface area contributed by atoms with Crippen LogP contribution in [0.2, 0.25) is 0 Å². The highest BCUT2D eigenvalue weighted by atomic mass is 16.6. The van der Waals surface area contributed by atoms with Crippen LogP contribution in [0.5, 0.6) is 0 Å². The van der Waals surface area contributed by atoms with E-state index < -0.39 is 0 Å². The fourth-order valence-electron chi connectivity index (χ4n) is 1.99. The van der Waals surface area contributed by atoms with Crippen LogP contribution in [0.25, 0.3) is 0 Å². The Labute approximate surface area is 71.7 Å². The Morgan fingerprint density at radius 3 is 2.67 bits per heavy atom. The molecule has 0 saturated carbocycles. The topological polar surface area (TPSA) is 50.4 Å². The Kier molecular flexibility index (Phi) is 1.39. The summed E-state index contributed by atoms with van der Waals surface area (Å²) in [5.74, 6) is 0. The normalized spacial score (nSPS) is 38.3. The van der Waals surface area contributed by atoms with Crippen molar-refractivity contribution >= 4 is 6.09 Å². The lowest BCUT2D eigenvalue weighted by atomic mass is 9.83. The summed E-state index contributed by atoms with van der Waals surface area (Å²) in [5, 5.41) is 6.04. The Morgan fingerprint density at radius 2 is 2.25 bits per heavy atom. The molecule has 1 unspecified atom stereocenters. The third-order valence-electron chi connectivity index (χ3n) is 2.96. The van der Waals surface area contributed by atoms with E-state index in [1.807, 2.05) is 13.8 Å². The summed E-state index contributed by atoms with van der Waals surface area (Å²) in [6.07, 6.45) is 0.613. The van der Waals surface area contributed by atoms with Crippen LogP contribution in [0.3, 0.4) is 0 Å². The number of carbonyl (C=O) groups is 1. The third kappa shape index (κ3) is 0.843. The van der Waals surface area contributed by atoms with E-state index >= 15 is 0 Å². The van der Waals surface area contributed by atoms with Gasteiger partial charge in [-0.15, -0.1) is 0 Å². The fourth-order valence-corrected chi connectivity index (χ4v) is 1.99. The van der Waals surface area contributed by atoms with Gasteiger partial charge >= 0.3 is 6.09 Å². The lowest BCUT2D eigenvalue weighted by Gasteiger charge is -2.33. The molecular weight excluding hydrogens is 156 g/mol. The molecule has 0 aromatic carbocycles. The van der Waals surface area contributed by atoms with E-state index in [1.165, 1.54) is 0 Å². The predicted molar refractivity (Wildman–Crippen MR) is 43.9 cm³/mol. The minimum absolute atomic E-state index is 0.242. The smallest absolute Gasteiger partial charge is 0.408 e. The second-order valence-electron chi connectivity index (χ2n) is 4.06. The van der Waals surface area contributed by atoms with Crippen molar-refractivity contribution in [2.45, 2.75) is 31.4 Å². The zero-order valence-corrected chi connectivity index (χ0v) is 7.44. The Bertz CT molecular complexity index is 219. The van der Waals surface area contributed by atoms with E-state index in [4.69, 9.17) is 4.74 Å². The van der Waals surface area contributed by atoms with Crippen LogP contribution in [0.4, 0.5) is 4.79 Å². The van der Waals surface area contributed by atoms with Gasteiger partial charge in [-0.2, -0.15) is 0 Å². The number of carbonyl (C=O) groups excluding carboxylic acids is 1. The van der Waals surface area contributed by atoms with Gasteiger partial charge in [0.2, 0.25) is 0 Å². The first-order valence-corrected chi connectivity index (χ1v) is 4.28. The van der Waals surface area contributed by atoms with Gasteiger partial charge in [0, 0.05) is 13.0 Å².